The van der Waals surface area contributed by atoms with Crippen molar-refractivity contribution in [3.8, 4) is 11.4 Å². The van der Waals surface area contributed by atoms with E-state index in [0.29, 0.717) is 5.02 Å². The number of aromatic nitrogens is 2. The molecule has 3 nitrogen and oxygen atoms in total. The fourth-order valence-electron chi connectivity index (χ4n) is 3.14. The van der Waals surface area contributed by atoms with Crippen molar-refractivity contribution >= 4 is 23.2 Å². The molecule has 0 unspecified atom stereocenters. The van der Waals surface area contributed by atoms with E-state index in [1.54, 1.807) is 0 Å². The van der Waals surface area contributed by atoms with Crippen molar-refractivity contribution < 1.29 is 0 Å². The van der Waals surface area contributed by atoms with Crippen LogP contribution in [0.25, 0.3) is 11.4 Å². The minimum absolute atomic E-state index is 0.715. The van der Waals surface area contributed by atoms with Crippen LogP contribution in [0.15, 0.2) is 54.7 Å². The second-order valence-electron chi connectivity index (χ2n) is 6.23. The molecular weight excluding hydrogens is 353 g/mol. The van der Waals surface area contributed by atoms with Crippen LogP contribution in [-0.2, 0) is 19.5 Å². The van der Waals surface area contributed by atoms with Gasteiger partial charge >= 0.3 is 0 Å². The highest BCUT2D eigenvalue weighted by molar-refractivity contribution is 6.33. The number of rotatable bonds is 3. The summed E-state index contributed by atoms with van der Waals surface area (Å²) in [5.41, 5.74) is 4.43. The zero-order chi connectivity index (χ0) is 17.2. The van der Waals surface area contributed by atoms with E-state index in [1.807, 2.05) is 54.7 Å². The van der Waals surface area contributed by atoms with Gasteiger partial charge in [0.1, 0.15) is 0 Å². The molecule has 0 spiro atoms. The number of hydrogen-bond acceptors (Lipinski definition) is 3. The van der Waals surface area contributed by atoms with E-state index in [1.165, 1.54) is 5.56 Å². The van der Waals surface area contributed by atoms with Crippen LogP contribution in [0.3, 0.4) is 0 Å². The van der Waals surface area contributed by atoms with Gasteiger partial charge in [0.2, 0.25) is 0 Å². The predicted octanol–water partition coefficient (Wildman–Crippen LogP) is 5.01. The molecule has 25 heavy (non-hydrogen) atoms. The van der Waals surface area contributed by atoms with Crippen molar-refractivity contribution in [2.45, 2.75) is 19.5 Å². The molecule has 0 radical (unpaired) electrons. The second kappa shape index (κ2) is 7.12. The van der Waals surface area contributed by atoms with Crippen molar-refractivity contribution in [1.82, 2.24) is 14.9 Å². The monoisotopic (exact) mass is 369 g/mol. The molecule has 126 valence electrons. The van der Waals surface area contributed by atoms with E-state index in [9.17, 15) is 0 Å². The standard InChI is InChI=1S/C20H17Cl2N3/c21-17-6-7-18(22)15(10-17)12-25-9-8-19-16(13-25)11-23-20(24-19)14-4-2-1-3-5-14/h1-7,10-11H,8-9,12-13H2. The van der Waals surface area contributed by atoms with Crippen LogP contribution in [0.5, 0.6) is 0 Å². The van der Waals surface area contributed by atoms with Crippen LogP contribution in [-0.4, -0.2) is 21.4 Å². The Morgan fingerprint density at radius 3 is 2.72 bits per heavy atom. The van der Waals surface area contributed by atoms with Crippen LogP contribution in [0.2, 0.25) is 10.0 Å². The Morgan fingerprint density at radius 1 is 1.04 bits per heavy atom. The first-order valence-electron chi connectivity index (χ1n) is 8.25. The second-order valence-corrected chi connectivity index (χ2v) is 7.07. The van der Waals surface area contributed by atoms with Gasteiger partial charge in [-0.25, -0.2) is 9.97 Å². The molecule has 0 saturated carbocycles. The predicted molar refractivity (Wildman–Crippen MR) is 102 cm³/mol. The zero-order valence-corrected chi connectivity index (χ0v) is 15.1. The Labute approximate surface area is 157 Å². The van der Waals surface area contributed by atoms with Gasteiger partial charge in [0.15, 0.2) is 5.82 Å². The molecular formula is C20H17Cl2N3. The molecule has 0 N–H and O–H groups in total. The molecule has 0 saturated heterocycles. The van der Waals surface area contributed by atoms with E-state index in [2.05, 4.69) is 9.88 Å². The van der Waals surface area contributed by atoms with Gasteiger partial charge in [0, 0.05) is 53.4 Å². The third kappa shape index (κ3) is 3.69. The fourth-order valence-corrected chi connectivity index (χ4v) is 3.51. The first kappa shape index (κ1) is 16.5. The number of halogens is 2. The summed E-state index contributed by atoms with van der Waals surface area (Å²) in [6.07, 6.45) is 2.87. The van der Waals surface area contributed by atoms with E-state index < -0.39 is 0 Å². The summed E-state index contributed by atoms with van der Waals surface area (Å²) in [6, 6.07) is 15.7. The average Bonchev–Trinajstić information content (AvgIpc) is 2.65. The summed E-state index contributed by atoms with van der Waals surface area (Å²) in [4.78, 5) is 11.7. The topological polar surface area (TPSA) is 29.0 Å². The molecule has 1 aromatic heterocycles. The first-order chi connectivity index (χ1) is 12.2. The van der Waals surface area contributed by atoms with Gasteiger partial charge in [-0.05, 0) is 23.8 Å². The Hall–Kier alpha value is -1.94. The first-order valence-corrected chi connectivity index (χ1v) is 9.01. The third-order valence-corrected chi connectivity index (χ3v) is 5.05. The van der Waals surface area contributed by atoms with Crippen LogP contribution in [0.1, 0.15) is 16.8 Å². The maximum absolute atomic E-state index is 6.29. The fraction of sp³-hybridized carbons (Fsp3) is 0.200. The quantitative estimate of drug-likeness (QED) is 0.649. The summed E-state index contributed by atoms with van der Waals surface area (Å²) in [5.74, 6) is 0.797. The molecule has 0 amide bonds. The van der Waals surface area contributed by atoms with Crippen molar-refractivity contribution in [1.29, 1.82) is 0 Å². The number of fused-ring (bicyclic) bond motifs is 1. The lowest BCUT2D eigenvalue weighted by atomic mass is 10.1. The van der Waals surface area contributed by atoms with Gasteiger partial charge in [-0.1, -0.05) is 53.5 Å². The molecule has 3 aromatic rings. The SMILES string of the molecule is Clc1ccc(Cl)c(CN2CCc3nc(-c4ccccc4)ncc3C2)c1. The maximum Gasteiger partial charge on any atom is 0.159 e. The molecule has 1 aliphatic heterocycles. The summed E-state index contributed by atoms with van der Waals surface area (Å²) in [5, 5.41) is 1.47. The number of hydrogen-bond donors (Lipinski definition) is 0. The largest absolute Gasteiger partial charge is 0.294 e. The lowest BCUT2D eigenvalue weighted by Crippen LogP contribution is -2.31. The highest BCUT2D eigenvalue weighted by Gasteiger charge is 2.19. The van der Waals surface area contributed by atoms with Crippen LogP contribution in [0, 0.1) is 0 Å². The normalized spacial score (nSPS) is 14.3. The molecule has 2 heterocycles. The molecule has 0 atom stereocenters. The number of nitrogens with zero attached hydrogens (tertiary/aromatic N) is 3. The highest BCUT2D eigenvalue weighted by Crippen LogP contribution is 2.25. The van der Waals surface area contributed by atoms with Gasteiger partial charge < -0.3 is 0 Å². The summed E-state index contributed by atoms with van der Waals surface area (Å²) in [7, 11) is 0. The van der Waals surface area contributed by atoms with Crippen LogP contribution < -0.4 is 0 Å². The van der Waals surface area contributed by atoms with Crippen molar-refractivity contribution in [2.24, 2.45) is 0 Å². The number of benzene rings is 2. The highest BCUT2D eigenvalue weighted by atomic mass is 35.5. The molecule has 2 aromatic carbocycles. The van der Waals surface area contributed by atoms with Crippen molar-refractivity contribution in [3.63, 3.8) is 0 Å². The zero-order valence-electron chi connectivity index (χ0n) is 13.6. The van der Waals surface area contributed by atoms with Gasteiger partial charge in [-0.2, -0.15) is 0 Å². The van der Waals surface area contributed by atoms with Crippen molar-refractivity contribution in [2.75, 3.05) is 6.54 Å². The molecule has 0 aliphatic carbocycles. The molecule has 0 fully saturated rings. The summed E-state index contributed by atoms with van der Waals surface area (Å²) >= 11 is 12.4. The Balaban J connectivity index is 1.53. The van der Waals surface area contributed by atoms with Crippen molar-refractivity contribution in [3.05, 3.63) is 81.6 Å². The lowest BCUT2D eigenvalue weighted by Gasteiger charge is -2.28. The molecule has 5 heteroatoms. The average molecular weight is 370 g/mol. The third-order valence-electron chi connectivity index (χ3n) is 4.45. The smallest absolute Gasteiger partial charge is 0.159 e. The maximum atomic E-state index is 6.29. The lowest BCUT2D eigenvalue weighted by molar-refractivity contribution is 0.243. The Kier molecular flexibility index (Phi) is 4.71. The minimum Gasteiger partial charge on any atom is -0.294 e. The van der Waals surface area contributed by atoms with E-state index in [4.69, 9.17) is 28.2 Å². The van der Waals surface area contributed by atoms with Gasteiger partial charge in [0.25, 0.3) is 0 Å². The van der Waals surface area contributed by atoms with E-state index in [0.717, 1.165) is 53.7 Å². The molecule has 0 bridgehead atoms. The van der Waals surface area contributed by atoms with Crippen LogP contribution in [0.4, 0.5) is 0 Å². The van der Waals surface area contributed by atoms with Crippen LogP contribution >= 0.6 is 23.2 Å². The van der Waals surface area contributed by atoms with Gasteiger partial charge in [-0.3, -0.25) is 4.90 Å². The van der Waals surface area contributed by atoms with Gasteiger partial charge in [0.05, 0.1) is 5.69 Å². The molecule has 1 aliphatic rings. The van der Waals surface area contributed by atoms with Gasteiger partial charge in [-0.15, -0.1) is 0 Å². The van der Waals surface area contributed by atoms with E-state index >= 15 is 0 Å². The minimum atomic E-state index is 0.715. The Bertz CT molecular complexity index is 897. The summed E-state index contributed by atoms with van der Waals surface area (Å²) in [6.45, 7) is 2.55. The Morgan fingerprint density at radius 2 is 1.88 bits per heavy atom. The summed E-state index contributed by atoms with van der Waals surface area (Å²) < 4.78 is 0. The van der Waals surface area contributed by atoms with E-state index in [-0.39, 0.29) is 0 Å². The molecule has 4 rings (SSSR count).